The molecule has 0 aromatic heterocycles. The van der Waals surface area contributed by atoms with Gasteiger partial charge >= 0.3 is 5.97 Å². The van der Waals surface area contributed by atoms with Crippen molar-refractivity contribution in [2.45, 2.75) is 39.7 Å². The maximum absolute atomic E-state index is 11.3. The molecule has 1 atom stereocenters. The van der Waals surface area contributed by atoms with Crippen LogP contribution in [0.1, 0.15) is 33.6 Å². The van der Waals surface area contributed by atoms with E-state index in [2.05, 4.69) is 0 Å². The Morgan fingerprint density at radius 1 is 1.33 bits per heavy atom. The molecule has 88 valence electrons. The van der Waals surface area contributed by atoms with E-state index in [1.807, 2.05) is 13.8 Å². The third-order valence-corrected chi connectivity index (χ3v) is 2.16. The number of carbonyl (C=O) groups is 1. The number of aliphatic hydroxyl groups excluding tert-OH is 2. The number of rotatable bonds is 6. The van der Waals surface area contributed by atoms with Crippen LogP contribution in [0.4, 0.5) is 0 Å². The first-order valence-electron chi connectivity index (χ1n) is 5.09. The normalized spacial score (nSPS) is 12.1. The van der Waals surface area contributed by atoms with Gasteiger partial charge in [-0.25, -0.2) is 4.79 Å². The molecule has 0 amide bonds. The van der Waals surface area contributed by atoms with Crippen molar-refractivity contribution in [3.05, 3.63) is 11.1 Å². The van der Waals surface area contributed by atoms with Crippen molar-refractivity contribution in [3.8, 4) is 0 Å². The van der Waals surface area contributed by atoms with Crippen LogP contribution in [0.25, 0.3) is 0 Å². The molecule has 0 aliphatic heterocycles. The Hall–Kier alpha value is -0.870. The van der Waals surface area contributed by atoms with Crippen LogP contribution in [0.2, 0.25) is 0 Å². The maximum atomic E-state index is 11.3. The van der Waals surface area contributed by atoms with Gasteiger partial charge in [-0.05, 0) is 33.6 Å². The molecule has 0 heterocycles. The lowest BCUT2D eigenvalue weighted by Gasteiger charge is -2.11. The highest BCUT2D eigenvalue weighted by Gasteiger charge is 2.10. The van der Waals surface area contributed by atoms with Crippen molar-refractivity contribution in [1.29, 1.82) is 0 Å². The Kier molecular flexibility index (Phi) is 6.99. The number of ether oxygens (including phenoxy) is 1. The molecular formula is C11H20O4. The largest absolute Gasteiger partial charge is 0.460 e. The molecule has 0 radical (unpaired) electrons. The molecule has 2 N–H and O–H groups in total. The van der Waals surface area contributed by atoms with Crippen LogP contribution in [-0.2, 0) is 9.53 Å². The average molecular weight is 216 g/mol. The summed E-state index contributed by atoms with van der Waals surface area (Å²) >= 11 is 0. The van der Waals surface area contributed by atoms with Gasteiger partial charge < -0.3 is 14.9 Å². The third kappa shape index (κ3) is 6.25. The van der Waals surface area contributed by atoms with Crippen molar-refractivity contribution in [1.82, 2.24) is 0 Å². The number of hydrogen-bond donors (Lipinski definition) is 2. The lowest BCUT2D eigenvalue weighted by molar-refractivity contribution is -0.142. The van der Waals surface area contributed by atoms with E-state index in [1.165, 1.54) is 0 Å². The molecular weight excluding hydrogens is 196 g/mol. The molecule has 0 saturated carbocycles. The Labute approximate surface area is 90.6 Å². The van der Waals surface area contributed by atoms with Crippen LogP contribution in [0, 0.1) is 0 Å². The van der Waals surface area contributed by atoms with E-state index in [0.29, 0.717) is 18.4 Å². The lowest BCUT2D eigenvalue weighted by Crippen LogP contribution is -2.19. The Bertz CT molecular complexity index is 229. The minimum atomic E-state index is -0.689. The van der Waals surface area contributed by atoms with Crippen molar-refractivity contribution in [3.63, 3.8) is 0 Å². The van der Waals surface area contributed by atoms with Gasteiger partial charge in [0, 0.05) is 12.2 Å². The van der Waals surface area contributed by atoms with Crippen LogP contribution in [0.5, 0.6) is 0 Å². The Morgan fingerprint density at radius 2 is 1.93 bits per heavy atom. The molecule has 4 nitrogen and oxygen atoms in total. The van der Waals surface area contributed by atoms with Gasteiger partial charge in [-0.15, -0.1) is 0 Å². The van der Waals surface area contributed by atoms with Gasteiger partial charge in [-0.3, -0.25) is 0 Å². The molecule has 0 rings (SSSR count). The van der Waals surface area contributed by atoms with E-state index in [1.54, 1.807) is 6.92 Å². The van der Waals surface area contributed by atoms with Gasteiger partial charge in [-0.2, -0.15) is 0 Å². The zero-order valence-electron chi connectivity index (χ0n) is 9.62. The smallest absolute Gasteiger partial charge is 0.333 e. The summed E-state index contributed by atoms with van der Waals surface area (Å²) in [4.78, 5) is 11.3. The highest BCUT2D eigenvalue weighted by atomic mass is 16.5. The van der Waals surface area contributed by atoms with Gasteiger partial charge in [0.05, 0.1) is 6.10 Å². The minimum absolute atomic E-state index is 0.0105. The molecule has 4 heteroatoms. The van der Waals surface area contributed by atoms with Crippen LogP contribution < -0.4 is 0 Å². The summed E-state index contributed by atoms with van der Waals surface area (Å²) in [6.07, 6.45) is 0.268. The van der Waals surface area contributed by atoms with Crippen LogP contribution in [0.3, 0.4) is 0 Å². The molecule has 0 aliphatic rings. The summed E-state index contributed by atoms with van der Waals surface area (Å²) in [5.41, 5.74) is 1.48. The maximum Gasteiger partial charge on any atom is 0.333 e. The monoisotopic (exact) mass is 216 g/mol. The molecule has 0 saturated heterocycles. The zero-order chi connectivity index (χ0) is 11.8. The summed E-state index contributed by atoms with van der Waals surface area (Å²) in [6.45, 7) is 5.39. The Balaban J connectivity index is 3.86. The number of aliphatic hydroxyl groups is 2. The molecule has 15 heavy (non-hydrogen) atoms. The van der Waals surface area contributed by atoms with Gasteiger partial charge in [0.1, 0.15) is 6.61 Å². The van der Waals surface area contributed by atoms with Gasteiger partial charge in [-0.1, -0.05) is 5.57 Å². The van der Waals surface area contributed by atoms with E-state index in [9.17, 15) is 9.90 Å². The predicted octanol–water partition coefficient (Wildman–Crippen LogP) is 1.02. The van der Waals surface area contributed by atoms with Crippen molar-refractivity contribution < 1.29 is 19.7 Å². The van der Waals surface area contributed by atoms with Crippen molar-refractivity contribution in [2.75, 3.05) is 13.2 Å². The third-order valence-electron chi connectivity index (χ3n) is 2.16. The number of hydrogen-bond acceptors (Lipinski definition) is 4. The van der Waals surface area contributed by atoms with Crippen LogP contribution in [0.15, 0.2) is 11.1 Å². The fourth-order valence-corrected chi connectivity index (χ4v) is 0.895. The second-order valence-corrected chi connectivity index (χ2v) is 3.74. The standard InChI is InChI=1S/C11H20O4/c1-8(2)9(3)11(14)15-7-10(13)5-4-6-12/h10,12-13H,4-7H2,1-3H3. The average Bonchev–Trinajstić information content (AvgIpc) is 2.21. The first kappa shape index (κ1) is 14.1. The Morgan fingerprint density at radius 3 is 2.40 bits per heavy atom. The quantitative estimate of drug-likeness (QED) is 0.514. The first-order chi connectivity index (χ1) is 6.99. The second-order valence-electron chi connectivity index (χ2n) is 3.74. The van der Waals surface area contributed by atoms with Gasteiger partial charge in [0.2, 0.25) is 0 Å². The van der Waals surface area contributed by atoms with E-state index in [4.69, 9.17) is 9.84 Å². The molecule has 0 aromatic carbocycles. The minimum Gasteiger partial charge on any atom is -0.460 e. The molecule has 1 unspecified atom stereocenters. The summed E-state index contributed by atoms with van der Waals surface area (Å²) in [7, 11) is 0. The molecule has 0 fully saturated rings. The van der Waals surface area contributed by atoms with Gasteiger partial charge in [0.25, 0.3) is 0 Å². The first-order valence-corrected chi connectivity index (χ1v) is 5.09. The highest BCUT2D eigenvalue weighted by molar-refractivity contribution is 5.88. The summed E-state index contributed by atoms with van der Waals surface area (Å²) in [5, 5.41) is 17.9. The van der Waals surface area contributed by atoms with Gasteiger partial charge in [0.15, 0.2) is 0 Å². The number of carbonyl (C=O) groups excluding carboxylic acids is 1. The molecule has 0 bridgehead atoms. The second kappa shape index (κ2) is 7.43. The summed E-state index contributed by atoms with van der Waals surface area (Å²) in [5.74, 6) is -0.391. The lowest BCUT2D eigenvalue weighted by atomic mass is 10.2. The van der Waals surface area contributed by atoms with Crippen LogP contribution in [-0.4, -0.2) is 35.5 Å². The van der Waals surface area contributed by atoms with Crippen molar-refractivity contribution >= 4 is 5.97 Å². The van der Waals surface area contributed by atoms with E-state index < -0.39 is 12.1 Å². The fourth-order valence-electron chi connectivity index (χ4n) is 0.895. The number of allylic oxidation sites excluding steroid dienone is 1. The van der Waals surface area contributed by atoms with Crippen molar-refractivity contribution in [2.24, 2.45) is 0 Å². The van der Waals surface area contributed by atoms with Crippen LogP contribution >= 0.6 is 0 Å². The zero-order valence-corrected chi connectivity index (χ0v) is 9.62. The fraction of sp³-hybridized carbons (Fsp3) is 0.727. The van der Waals surface area contributed by atoms with E-state index >= 15 is 0 Å². The molecule has 0 spiro atoms. The topological polar surface area (TPSA) is 66.8 Å². The summed E-state index contributed by atoms with van der Waals surface area (Å²) in [6, 6.07) is 0. The van der Waals surface area contributed by atoms with E-state index in [-0.39, 0.29) is 13.2 Å². The SMILES string of the molecule is CC(C)=C(C)C(=O)OCC(O)CCCO. The van der Waals surface area contributed by atoms with E-state index in [0.717, 1.165) is 5.57 Å². The number of esters is 1. The molecule has 0 aliphatic carbocycles. The molecule has 0 aromatic rings. The highest BCUT2D eigenvalue weighted by Crippen LogP contribution is 2.05. The summed E-state index contributed by atoms with van der Waals surface area (Å²) < 4.78 is 4.90. The predicted molar refractivity (Wildman–Crippen MR) is 57.3 cm³/mol.